The summed E-state index contributed by atoms with van der Waals surface area (Å²) >= 11 is 9.35. The molecule has 21 heavy (non-hydrogen) atoms. The van der Waals surface area contributed by atoms with Crippen molar-refractivity contribution < 1.29 is 14.3 Å². The number of hydrogen-bond acceptors (Lipinski definition) is 3. The molecule has 0 atom stereocenters. The molecule has 0 N–H and O–H groups in total. The van der Waals surface area contributed by atoms with Crippen molar-refractivity contribution in [2.24, 2.45) is 0 Å². The molecule has 0 fully saturated rings. The number of aryl methyl sites for hydroxylation is 1. The van der Waals surface area contributed by atoms with Crippen LogP contribution < -0.4 is 4.74 Å². The highest BCUT2D eigenvalue weighted by Gasteiger charge is 2.09. The fraction of sp³-hybridized carbons (Fsp3) is 0.188. The average Bonchev–Trinajstić information content (AvgIpc) is 2.46. The number of methoxy groups -OCH3 is 1. The van der Waals surface area contributed by atoms with E-state index in [4.69, 9.17) is 16.3 Å². The summed E-state index contributed by atoms with van der Waals surface area (Å²) in [6, 6.07) is 10.8. The van der Waals surface area contributed by atoms with Gasteiger partial charge in [-0.1, -0.05) is 33.6 Å². The Labute approximate surface area is 137 Å². The Kier molecular flexibility index (Phi) is 5.26. The van der Waals surface area contributed by atoms with E-state index in [1.54, 1.807) is 18.2 Å². The van der Waals surface area contributed by atoms with Gasteiger partial charge in [0.15, 0.2) is 0 Å². The Hall–Kier alpha value is -1.52. The zero-order valence-corrected chi connectivity index (χ0v) is 14.0. The van der Waals surface area contributed by atoms with Crippen LogP contribution in [-0.2, 0) is 11.3 Å². The van der Waals surface area contributed by atoms with Crippen molar-refractivity contribution in [3.63, 3.8) is 0 Å². The molecule has 0 aliphatic carbocycles. The maximum atomic E-state index is 11.4. The van der Waals surface area contributed by atoms with Crippen LogP contribution in [0.5, 0.6) is 5.75 Å². The van der Waals surface area contributed by atoms with E-state index in [9.17, 15) is 4.79 Å². The normalized spacial score (nSPS) is 10.3. The van der Waals surface area contributed by atoms with E-state index in [0.29, 0.717) is 17.2 Å². The molecule has 0 saturated heterocycles. The topological polar surface area (TPSA) is 35.5 Å². The van der Waals surface area contributed by atoms with E-state index in [1.165, 1.54) is 7.11 Å². The number of hydrogen-bond donors (Lipinski definition) is 0. The monoisotopic (exact) mass is 368 g/mol. The first-order chi connectivity index (χ1) is 10.0. The molecular weight excluding hydrogens is 356 g/mol. The Bertz CT molecular complexity index is 671. The SMILES string of the molecule is COC(=O)c1ccc(COc2ccc(Cl)cc2C)c(Br)c1. The lowest BCUT2D eigenvalue weighted by molar-refractivity contribution is 0.0600. The van der Waals surface area contributed by atoms with E-state index < -0.39 is 0 Å². The van der Waals surface area contributed by atoms with Crippen LogP contribution >= 0.6 is 27.5 Å². The summed E-state index contributed by atoms with van der Waals surface area (Å²) in [5.74, 6) is 0.417. The largest absolute Gasteiger partial charge is 0.489 e. The molecule has 0 aromatic heterocycles. The summed E-state index contributed by atoms with van der Waals surface area (Å²) < 4.78 is 11.3. The van der Waals surface area contributed by atoms with Gasteiger partial charge in [0.25, 0.3) is 0 Å². The van der Waals surface area contributed by atoms with Crippen LogP contribution in [0.25, 0.3) is 0 Å². The van der Waals surface area contributed by atoms with Crippen molar-refractivity contribution in [1.29, 1.82) is 0 Å². The summed E-state index contributed by atoms with van der Waals surface area (Å²) in [4.78, 5) is 11.4. The minimum atomic E-state index is -0.364. The van der Waals surface area contributed by atoms with Crippen LogP contribution in [0.3, 0.4) is 0 Å². The van der Waals surface area contributed by atoms with Crippen LogP contribution in [0.1, 0.15) is 21.5 Å². The Morgan fingerprint density at radius 3 is 2.62 bits per heavy atom. The van der Waals surface area contributed by atoms with E-state index in [2.05, 4.69) is 20.7 Å². The standard InChI is InChI=1S/C16H14BrClO3/c1-10-7-13(18)5-6-15(10)21-9-12-4-3-11(8-14(12)17)16(19)20-2/h3-8H,9H2,1-2H3. The van der Waals surface area contributed by atoms with Crippen LogP contribution in [-0.4, -0.2) is 13.1 Å². The van der Waals surface area contributed by atoms with Crippen molar-refractivity contribution in [2.45, 2.75) is 13.5 Å². The van der Waals surface area contributed by atoms with Gasteiger partial charge in [0.05, 0.1) is 12.7 Å². The van der Waals surface area contributed by atoms with Gasteiger partial charge >= 0.3 is 5.97 Å². The van der Waals surface area contributed by atoms with E-state index in [1.807, 2.05) is 25.1 Å². The first-order valence-corrected chi connectivity index (χ1v) is 7.44. The van der Waals surface area contributed by atoms with Crippen molar-refractivity contribution in [3.8, 4) is 5.75 Å². The Morgan fingerprint density at radius 1 is 1.24 bits per heavy atom. The molecule has 0 amide bonds. The summed E-state index contributed by atoms with van der Waals surface area (Å²) in [6.07, 6.45) is 0. The predicted octanol–water partition coefficient (Wildman–Crippen LogP) is 4.78. The minimum absolute atomic E-state index is 0.364. The van der Waals surface area contributed by atoms with Gasteiger partial charge in [0.2, 0.25) is 0 Å². The predicted molar refractivity (Wildman–Crippen MR) is 86.0 cm³/mol. The molecule has 0 spiro atoms. The molecule has 0 radical (unpaired) electrons. The quantitative estimate of drug-likeness (QED) is 0.728. The molecule has 0 bridgehead atoms. The lowest BCUT2D eigenvalue weighted by Gasteiger charge is -2.11. The van der Waals surface area contributed by atoms with Crippen LogP contribution in [0, 0.1) is 6.92 Å². The number of rotatable bonds is 4. The number of carbonyl (C=O) groups excluding carboxylic acids is 1. The molecule has 0 heterocycles. The summed E-state index contributed by atoms with van der Waals surface area (Å²) in [6.45, 7) is 2.33. The Morgan fingerprint density at radius 2 is 2.00 bits per heavy atom. The summed E-state index contributed by atoms with van der Waals surface area (Å²) in [7, 11) is 1.36. The molecular formula is C16H14BrClO3. The molecule has 0 unspecified atom stereocenters. The van der Waals surface area contributed by atoms with E-state index in [-0.39, 0.29) is 5.97 Å². The highest BCUT2D eigenvalue weighted by atomic mass is 79.9. The second-order valence-corrected chi connectivity index (χ2v) is 5.79. The van der Waals surface area contributed by atoms with Gasteiger partial charge in [-0.2, -0.15) is 0 Å². The summed E-state index contributed by atoms with van der Waals surface area (Å²) in [5, 5.41) is 0.684. The van der Waals surface area contributed by atoms with Crippen LogP contribution in [0.2, 0.25) is 5.02 Å². The minimum Gasteiger partial charge on any atom is -0.489 e. The lowest BCUT2D eigenvalue weighted by Crippen LogP contribution is -2.03. The van der Waals surface area contributed by atoms with Crippen molar-refractivity contribution >= 4 is 33.5 Å². The van der Waals surface area contributed by atoms with Crippen molar-refractivity contribution in [1.82, 2.24) is 0 Å². The van der Waals surface area contributed by atoms with Gasteiger partial charge in [-0.15, -0.1) is 0 Å². The second-order valence-electron chi connectivity index (χ2n) is 4.50. The molecule has 0 aliphatic heterocycles. The number of carbonyl (C=O) groups is 1. The molecule has 0 aliphatic rings. The van der Waals surface area contributed by atoms with Crippen LogP contribution in [0.15, 0.2) is 40.9 Å². The third-order valence-corrected chi connectivity index (χ3v) is 3.97. The van der Waals surface area contributed by atoms with Gasteiger partial charge < -0.3 is 9.47 Å². The molecule has 110 valence electrons. The molecule has 2 aromatic carbocycles. The smallest absolute Gasteiger partial charge is 0.337 e. The zero-order valence-electron chi connectivity index (χ0n) is 11.7. The van der Waals surface area contributed by atoms with E-state index >= 15 is 0 Å². The molecule has 2 rings (SSSR count). The van der Waals surface area contributed by atoms with Crippen LogP contribution in [0.4, 0.5) is 0 Å². The maximum Gasteiger partial charge on any atom is 0.337 e. The van der Waals surface area contributed by atoms with Gasteiger partial charge in [0.1, 0.15) is 12.4 Å². The average molecular weight is 370 g/mol. The molecule has 0 saturated carbocycles. The zero-order chi connectivity index (χ0) is 15.4. The number of ether oxygens (including phenoxy) is 2. The number of esters is 1. The second kappa shape index (κ2) is 6.96. The number of halogens is 2. The van der Waals surface area contributed by atoms with Crippen molar-refractivity contribution in [3.05, 3.63) is 62.6 Å². The fourth-order valence-electron chi connectivity index (χ4n) is 1.84. The van der Waals surface area contributed by atoms with Gasteiger partial charge in [-0.25, -0.2) is 4.79 Å². The molecule has 3 nitrogen and oxygen atoms in total. The first-order valence-electron chi connectivity index (χ1n) is 6.27. The lowest BCUT2D eigenvalue weighted by atomic mass is 10.1. The first kappa shape index (κ1) is 15.9. The summed E-state index contributed by atoms with van der Waals surface area (Å²) in [5.41, 5.74) is 2.41. The highest BCUT2D eigenvalue weighted by Crippen LogP contribution is 2.25. The van der Waals surface area contributed by atoms with Gasteiger partial charge in [-0.3, -0.25) is 0 Å². The maximum absolute atomic E-state index is 11.4. The highest BCUT2D eigenvalue weighted by molar-refractivity contribution is 9.10. The van der Waals surface area contributed by atoms with Gasteiger partial charge in [-0.05, 0) is 42.8 Å². The third kappa shape index (κ3) is 3.99. The van der Waals surface area contributed by atoms with Crippen molar-refractivity contribution in [2.75, 3.05) is 7.11 Å². The molecule has 2 aromatic rings. The Balaban J connectivity index is 2.11. The van der Waals surface area contributed by atoms with E-state index in [0.717, 1.165) is 21.3 Å². The number of benzene rings is 2. The molecule has 5 heteroatoms. The van der Waals surface area contributed by atoms with Gasteiger partial charge in [0, 0.05) is 15.1 Å². The third-order valence-electron chi connectivity index (χ3n) is 2.99. The fourth-order valence-corrected chi connectivity index (χ4v) is 2.56.